The van der Waals surface area contributed by atoms with Gasteiger partial charge < -0.3 is 15.1 Å². The van der Waals surface area contributed by atoms with Gasteiger partial charge in [0.05, 0.1) is 17.7 Å². The number of likely N-dealkylation sites (tertiary alicyclic amines) is 1. The number of carboxylic acid groups (broad SMARTS) is 1. The molecule has 0 spiro atoms. The lowest BCUT2D eigenvalue weighted by Gasteiger charge is -2.23. The monoisotopic (exact) mass is 463 g/mol. The molecule has 0 unspecified atom stereocenters. The Morgan fingerprint density at radius 1 is 1.06 bits per heavy atom. The van der Waals surface area contributed by atoms with Crippen molar-refractivity contribution in [2.45, 2.75) is 70.4 Å². The van der Waals surface area contributed by atoms with Gasteiger partial charge in [-0.25, -0.2) is 4.79 Å². The highest BCUT2D eigenvalue weighted by molar-refractivity contribution is 5.87. The van der Waals surface area contributed by atoms with E-state index in [0.29, 0.717) is 18.5 Å². The maximum Gasteiger partial charge on any atom is 0.335 e. The fraction of sp³-hybridized carbons (Fsp3) is 0.448. The van der Waals surface area contributed by atoms with Crippen LogP contribution in [0.5, 0.6) is 0 Å². The van der Waals surface area contributed by atoms with E-state index in [9.17, 15) is 14.7 Å². The first-order valence-corrected chi connectivity index (χ1v) is 12.5. The van der Waals surface area contributed by atoms with Crippen LogP contribution in [0.2, 0.25) is 0 Å². The molecule has 5 heteroatoms. The molecule has 3 atom stereocenters. The number of benzene rings is 2. The van der Waals surface area contributed by atoms with Crippen LogP contribution in [0.25, 0.3) is 0 Å². The number of carbonyl (C=O) groups is 2. The number of aliphatic hydroxyl groups is 1. The highest BCUT2D eigenvalue weighted by Crippen LogP contribution is 2.22. The number of amides is 1. The minimum Gasteiger partial charge on any atom is -0.478 e. The first-order valence-electron chi connectivity index (χ1n) is 12.5. The van der Waals surface area contributed by atoms with Crippen molar-refractivity contribution in [1.82, 2.24) is 4.90 Å². The van der Waals surface area contributed by atoms with Crippen molar-refractivity contribution in [3.05, 3.63) is 83.4 Å². The zero-order valence-electron chi connectivity index (χ0n) is 20.1. The molecule has 1 saturated heterocycles. The zero-order chi connectivity index (χ0) is 24.3. The van der Waals surface area contributed by atoms with Gasteiger partial charge in [0.1, 0.15) is 0 Å². The molecule has 1 amide bonds. The first kappa shape index (κ1) is 25.7. The Morgan fingerprint density at radius 2 is 1.79 bits per heavy atom. The molecule has 0 bridgehead atoms. The van der Waals surface area contributed by atoms with Gasteiger partial charge in [0.25, 0.3) is 0 Å². The summed E-state index contributed by atoms with van der Waals surface area (Å²) in [4.78, 5) is 25.4. The molecule has 34 heavy (non-hydrogen) atoms. The van der Waals surface area contributed by atoms with E-state index in [1.165, 1.54) is 5.56 Å². The summed E-state index contributed by atoms with van der Waals surface area (Å²) in [5.41, 5.74) is 2.62. The van der Waals surface area contributed by atoms with Crippen LogP contribution in [0.1, 0.15) is 66.9 Å². The molecule has 3 rings (SSSR count). The van der Waals surface area contributed by atoms with Crippen molar-refractivity contribution in [1.29, 1.82) is 0 Å². The van der Waals surface area contributed by atoms with Crippen LogP contribution < -0.4 is 0 Å². The summed E-state index contributed by atoms with van der Waals surface area (Å²) in [6.07, 6.45) is 10.4. The van der Waals surface area contributed by atoms with Gasteiger partial charge in [0, 0.05) is 13.0 Å². The molecule has 1 fully saturated rings. The van der Waals surface area contributed by atoms with Crippen LogP contribution in [0.15, 0.2) is 66.7 Å². The van der Waals surface area contributed by atoms with E-state index in [1.54, 1.807) is 18.2 Å². The zero-order valence-corrected chi connectivity index (χ0v) is 20.1. The fourth-order valence-electron chi connectivity index (χ4n) is 4.60. The number of hydrogen-bond acceptors (Lipinski definition) is 3. The predicted molar refractivity (Wildman–Crippen MR) is 135 cm³/mol. The van der Waals surface area contributed by atoms with Crippen molar-refractivity contribution < 1.29 is 19.8 Å². The number of carboxylic acids is 1. The average molecular weight is 464 g/mol. The third kappa shape index (κ3) is 7.84. The summed E-state index contributed by atoms with van der Waals surface area (Å²) in [6.45, 7) is 2.72. The second-order valence-electron chi connectivity index (χ2n) is 9.39. The van der Waals surface area contributed by atoms with Gasteiger partial charge in [-0.1, -0.05) is 68.0 Å². The van der Waals surface area contributed by atoms with E-state index in [-0.39, 0.29) is 17.9 Å². The Bertz CT molecular complexity index is 956. The minimum atomic E-state index is -0.925. The number of rotatable bonds is 13. The van der Waals surface area contributed by atoms with Gasteiger partial charge in [-0.15, -0.1) is 0 Å². The number of aromatic carboxylic acids is 1. The normalized spacial score (nSPS) is 17.9. The third-order valence-corrected chi connectivity index (χ3v) is 6.74. The van der Waals surface area contributed by atoms with E-state index in [2.05, 4.69) is 31.2 Å². The van der Waals surface area contributed by atoms with Crippen molar-refractivity contribution in [3.63, 3.8) is 0 Å². The molecule has 1 aliphatic rings. The molecule has 182 valence electrons. The predicted octanol–water partition coefficient (Wildman–Crippen LogP) is 5.27. The molecular formula is C29H37NO4. The lowest BCUT2D eigenvalue weighted by Crippen LogP contribution is -2.33. The quantitative estimate of drug-likeness (QED) is 0.313. The maximum atomic E-state index is 12.4. The molecule has 0 aliphatic carbocycles. The SMILES string of the molecule is C[C@@H](CCCCc1ccccc1)[C@H](O)/C=C/[C@H]1CCC(=O)N1CCCc1cccc(C(=O)O)c1. The number of nitrogens with zero attached hydrogens (tertiary/aromatic N) is 1. The molecule has 0 radical (unpaired) electrons. The Hall–Kier alpha value is -2.92. The number of aryl methyl sites for hydroxylation is 2. The van der Waals surface area contributed by atoms with Gasteiger partial charge in [0.15, 0.2) is 0 Å². The lowest BCUT2D eigenvalue weighted by atomic mass is 9.95. The van der Waals surface area contributed by atoms with Crippen molar-refractivity contribution in [2.24, 2.45) is 5.92 Å². The molecule has 5 nitrogen and oxygen atoms in total. The molecule has 2 N–H and O–H groups in total. The summed E-state index contributed by atoms with van der Waals surface area (Å²) in [6, 6.07) is 17.5. The molecule has 0 aromatic heterocycles. The average Bonchev–Trinajstić information content (AvgIpc) is 3.20. The molecule has 0 saturated carbocycles. The first-order chi connectivity index (χ1) is 16.4. The van der Waals surface area contributed by atoms with Gasteiger partial charge in [-0.3, -0.25) is 4.79 Å². The number of hydrogen-bond donors (Lipinski definition) is 2. The van der Waals surface area contributed by atoms with E-state index < -0.39 is 12.1 Å². The maximum absolute atomic E-state index is 12.4. The van der Waals surface area contributed by atoms with Crippen molar-refractivity contribution in [3.8, 4) is 0 Å². The fourth-order valence-corrected chi connectivity index (χ4v) is 4.60. The number of aliphatic hydroxyl groups excluding tert-OH is 1. The molecule has 1 heterocycles. The molecule has 2 aromatic rings. The van der Waals surface area contributed by atoms with Crippen LogP contribution in [0.3, 0.4) is 0 Å². The Labute approximate surface area is 203 Å². The van der Waals surface area contributed by atoms with Crippen LogP contribution in [-0.4, -0.2) is 45.7 Å². The second-order valence-corrected chi connectivity index (χ2v) is 9.39. The summed E-state index contributed by atoms with van der Waals surface area (Å²) < 4.78 is 0. The van der Waals surface area contributed by atoms with Crippen LogP contribution in [0.4, 0.5) is 0 Å². The molecular weight excluding hydrogens is 426 g/mol. The lowest BCUT2D eigenvalue weighted by molar-refractivity contribution is -0.128. The largest absolute Gasteiger partial charge is 0.478 e. The summed E-state index contributed by atoms with van der Waals surface area (Å²) in [5, 5.41) is 19.8. The van der Waals surface area contributed by atoms with Gasteiger partial charge in [-0.05, 0) is 67.7 Å². The standard InChI is InChI=1S/C29H37NO4/c1-22(9-5-6-12-23-10-3-2-4-11-23)27(31)18-16-26-17-19-28(32)30(26)20-8-14-24-13-7-15-25(21-24)29(33)34/h2-4,7,10-11,13,15-16,18,21-22,26-27,31H,5-6,8-9,12,14,17,19-20H2,1H3,(H,33,34)/b18-16+/t22-,26-,27+/m0/s1. The van der Waals surface area contributed by atoms with E-state index in [1.807, 2.05) is 29.2 Å². The summed E-state index contributed by atoms with van der Waals surface area (Å²) in [7, 11) is 0. The van der Waals surface area contributed by atoms with E-state index in [4.69, 9.17) is 5.11 Å². The topological polar surface area (TPSA) is 77.8 Å². The smallest absolute Gasteiger partial charge is 0.335 e. The van der Waals surface area contributed by atoms with Crippen LogP contribution in [0, 0.1) is 5.92 Å². The number of unbranched alkanes of at least 4 members (excludes halogenated alkanes) is 1. The Kier molecular flexibility index (Phi) is 9.89. The van der Waals surface area contributed by atoms with E-state index >= 15 is 0 Å². The number of carbonyl (C=O) groups excluding carboxylic acids is 1. The van der Waals surface area contributed by atoms with Crippen LogP contribution in [-0.2, 0) is 17.6 Å². The summed E-state index contributed by atoms with van der Waals surface area (Å²) >= 11 is 0. The Morgan fingerprint density at radius 3 is 2.56 bits per heavy atom. The van der Waals surface area contributed by atoms with E-state index in [0.717, 1.165) is 50.5 Å². The summed E-state index contributed by atoms with van der Waals surface area (Å²) in [5.74, 6) is -0.595. The van der Waals surface area contributed by atoms with Gasteiger partial charge in [-0.2, -0.15) is 0 Å². The highest BCUT2D eigenvalue weighted by atomic mass is 16.4. The van der Waals surface area contributed by atoms with Gasteiger partial charge >= 0.3 is 5.97 Å². The molecule has 2 aromatic carbocycles. The second kappa shape index (κ2) is 13.1. The minimum absolute atomic E-state index is 0.0257. The van der Waals surface area contributed by atoms with Crippen molar-refractivity contribution in [2.75, 3.05) is 6.54 Å². The third-order valence-electron chi connectivity index (χ3n) is 6.74. The Balaban J connectivity index is 1.42. The highest BCUT2D eigenvalue weighted by Gasteiger charge is 2.28. The van der Waals surface area contributed by atoms with Crippen molar-refractivity contribution >= 4 is 11.9 Å². The van der Waals surface area contributed by atoms with Gasteiger partial charge in [0.2, 0.25) is 5.91 Å². The van der Waals surface area contributed by atoms with Crippen LogP contribution >= 0.6 is 0 Å². The molecule has 1 aliphatic heterocycles.